The molecule has 2 aromatic heterocycles. The summed E-state index contributed by atoms with van der Waals surface area (Å²) in [7, 11) is 0. The summed E-state index contributed by atoms with van der Waals surface area (Å²) in [4.78, 5) is 27.4. The van der Waals surface area contributed by atoms with Gasteiger partial charge < -0.3 is 4.42 Å². The second kappa shape index (κ2) is 6.75. The summed E-state index contributed by atoms with van der Waals surface area (Å²) < 4.78 is 31.9. The molecule has 0 bridgehead atoms. The van der Waals surface area contributed by atoms with Crippen molar-refractivity contribution in [1.82, 2.24) is 15.2 Å². The third-order valence-corrected chi connectivity index (χ3v) is 3.93. The van der Waals surface area contributed by atoms with Gasteiger partial charge in [-0.25, -0.2) is 13.8 Å². The summed E-state index contributed by atoms with van der Waals surface area (Å²) in [5, 5.41) is 6.13. The van der Waals surface area contributed by atoms with Gasteiger partial charge >= 0.3 is 0 Å². The SMILES string of the molecule is O=C(Cc1ccc(Sc2ccc(F)cc2F)o1)C(=O)c1ncn[nH]1. The molecule has 24 heavy (non-hydrogen) atoms. The fourth-order valence-electron chi connectivity index (χ4n) is 1.86. The summed E-state index contributed by atoms with van der Waals surface area (Å²) in [6.45, 7) is 0. The molecule has 0 unspecified atom stereocenters. The Morgan fingerprint density at radius 1 is 1.21 bits per heavy atom. The molecule has 0 saturated carbocycles. The van der Waals surface area contributed by atoms with Crippen LogP contribution in [0.15, 0.2) is 51.1 Å². The maximum absolute atomic E-state index is 13.6. The number of carbonyl (C=O) groups is 2. The van der Waals surface area contributed by atoms with Crippen LogP contribution in [0.25, 0.3) is 0 Å². The predicted octanol–water partition coefficient (Wildman–Crippen LogP) is 2.82. The molecule has 0 aliphatic carbocycles. The summed E-state index contributed by atoms with van der Waals surface area (Å²) in [5.41, 5.74) is 0. The van der Waals surface area contributed by atoms with E-state index in [0.29, 0.717) is 5.09 Å². The first-order valence-corrected chi connectivity index (χ1v) is 7.49. The fraction of sp³-hybridized carbons (Fsp3) is 0.0667. The predicted molar refractivity (Wildman–Crippen MR) is 78.6 cm³/mol. The molecule has 0 aliphatic heterocycles. The first-order chi connectivity index (χ1) is 11.5. The van der Waals surface area contributed by atoms with E-state index in [1.165, 1.54) is 18.2 Å². The quantitative estimate of drug-likeness (QED) is 0.544. The van der Waals surface area contributed by atoms with E-state index in [-0.39, 0.29) is 22.9 Å². The first-order valence-electron chi connectivity index (χ1n) is 6.67. The van der Waals surface area contributed by atoms with Crippen molar-refractivity contribution in [3.63, 3.8) is 0 Å². The van der Waals surface area contributed by atoms with Gasteiger partial charge in [0.25, 0.3) is 5.78 Å². The van der Waals surface area contributed by atoms with Crippen molar-refractivity contribution in [2.24, 2.45) is 0 Å². The Labute approximate surface area is 138 Å². The Balaban J connectivity index is 1.67. The molecule has 9 heteroatoms. The maximum atomic E-state index is 13.6. The largest absolute Gasteiger partial charge is 0.454 e. The minimum absolute atomic E-state index is 0.144. The van der Waals surface area contributed by atoms with Gasteiger partial charge in [-0.05, 0) is 36.0 Å². The van der Waals surface area contributed by atoms with Gasteiger partial charge in [0.1, 0.15) is 23.7 Å². The van der Waals surface area contributed by atoms with Crippen molar-refractivity contribution in [3.05, 3.63) is 59.9 Å². The molecule has 0 aliphatic rings. The average Bonchev–Trinajstić information content (AvgIpc) is 3.21. The molecule has 0 spiro atoms. The van der Waals surface area contributed by atoms with Crippen molar-refractivity contribution in [2.75, 3.05) is 0 Å². The van der Waals surface area contributed by atoms with Gasteiger partial charge in [0.2, 0.25) is 5.78 Å². The first kappa shape index (κ1) is 16.1. The Kier molecular flexibility index (Phi) is 4.52. The molecule has 0 atom stereocenters. The Hall–Kier alpha value is -2.81. The van der Waals surface area contributed by atoms with E-state index in [1.54, 1.807) is 0 Å². The van der Waals surface area contributed by atoms with Crippen molar-refractivity contribution >= 4 is 23.3 Å². The van der Waals surface area contributed by atoms with Gasteiger partial charge in [-0.15, -0.1) is 0 Å². The second-order valence-electron chi connectivity index (χ2n) is 4.66. The number of halogens is 2. The normalized spacial score (nSPS) is 10.8. The van der Waals surface area contributed by atoms with Crippen molar-refractivity contribution in [2.45, 2.75) is 16.4 Å². The molecule has 0 amide bonds. The van der Waals surface area contributed by atoms with Crippen molar-refractivity contribution in [3.8, 4) is 0 Å². The van der Waals surface area contributed by atoms with E-state index >= 15 is 0 Å². The molecule has 3 aromatic rings. The van der Waals surface area contributed by atoms with E-state index in [4.69, 9.17) is 4.42 Å². The van der Waals surface area contributed by atoms with Crippen LogP contribution < -0.4 is 0 Å². The van der Waals surface area contributed by atoms with Crippen molar-refractivity contribution in [1.29, 1.82) is 0 Å². The number of aromatic amines is 1. The number of hydrogen-bond acceptors (Lipinski definition) is 6. The summed E-state index contributed by atoms with van der Waals surface area (Å²) >= 11 is 0.944. The minimum Gasteiger partial charge on any atom is -0.454 e. The van der Waals surface area contributed by atoms with Gasteiger partial charge in [-0.1, -0.05) is 0 Å². The number of carbonyl (C=O) groups excluding carboxylic acids is 2. The van der Waals surface area contributed by atoms with Crippen LogP contribution >= 0.6 is 11.8 Å². The third-order valence-electron chi connectivity index (χ3n) is 2.96. The number of benzene rings is 1. The number of nitrogens with one attached hydrogen (secondary N) is 1. The highest BCUT2D eigenvalue weighted by molar-refractivity contribution is 7.99. The lowest BCUT2D eigenvalue weighted by atomic mass is 10.1. The Morgan fingerprint density at radius 3 is 2.75 bits per heavy atom. The number of aromatic nitrogens is 3. The van der Waals surface area contributed by atoms with Gasteiger partial charge in [-0.3, -0.25) is 14.7 Å². The smallest absolute Gasteiger partial charge is 0.265 e. The summed E-state index contributed by atoms with van der Waals surface area (Å²) in [6.07, 6.45) is 0.866. The highest BCUT2D eigenvalue weighted by Crippen LogP contribution is 2.31. The zero-order valence-corrected chi connectivity index (χ0v) is 12.8. The number of hydrogen-bond donors (Lipinski definition) is 1. The lowest BCUT2D eigenvalue weighted by molar-refractivity contribution is -0.114. The molecule has 2 heterocycles. The molecule has 0 saturated heterocycles. The molecule has 3 rings (SSSR count). The van der Waals surface area contributed by atoms with E-state index in [1.807, 2.05) is 0 Å². The molecule has 1 N–H and O–H groups in total. The van der Waals surface area contributed by atoms with Gasteiger partial charge in [-0.2, -0.15) is 5.10 Å². The van der Waals surface area contributed by atoms with Crippen LogP contribution in [-0.2, 0) is 11.2 Å². The number of H-pyrrole nitrogens is 1. The van der Waals surface area contributed by atoms with Crippen LogP contribution in [0.4, 0.5) is 8.78 Å². The lowest BCUT2D eigenvalue weighted by Gasteiger charge is -2.00. The van der Waals surface area contributed by atoms with Gasteiger partial charge in [0.05, 0.1) is 11.3 Å². The number of ketones is 2. The number of furan rings is 1. The fourth-order valence-corrected chi connectivity index (χ4v) is 2.65. The van der Waals surface area contributed by atoms with Crippen LogP contribution in [-0.4, -0.2) is 26.7 Å². The van der Waals surface area contributed by atoms with Gasteiger partial charge in [0, 0.05) is 6.07 Å². The Bertz CT molecular complexity index is 893. The third kappa shape index (κ3) is 3.57. The molecule has 0 radical (unpaired) electrons. The standard InChI is InChI=1S/C15H9F2N3O3S/c16-8-1-3-12(10(17)5-8)24-13-4-2-9(23-13)6-11(21)14(22)15-18-7-19-20-15/h1-5,7H,6H2,(H,18,19,20). The van der Waals surface area contributed by atoms with E-state index in [2.05, 4.69) is 15.2 Å². The molecule has 1 aromatic carbocycles. The van der Waals surface area contributed by atoms with Crippen LogP contribution in [0.3, 0.4) is 0 Å². The number of Topliss-reactive ketones (excluding diaryl/α,β-unsaturated/α-hetero) is 2. The molecule has 0 fully saturated rings. The summed E-state index contributed by atoms with van der Waals surface area (Å²) in [6, 6.07) is 6.24. The van der Waals surface area contributed by atoms with E-state index < -0.39 is 23.2 Å². The lowest BCUT2D eigenvalue weighted by Crippen LogP contribution is -2.17. The molecular weight excluding hydrogens is 340 g/mol. The molecule has 122 valence electrons. The highest BCUT2D eigenvalue weighted by Gasteiger charge is 2.21. The maximum Gasteiger partial charge on any atom is 0.265 e. The second-order valence-corrected chi connectivity index (χ2v) is 5.71. The van der Waals surface area contributed by atoms with Gasteiger partial charge in [0.15, 0.2) is 10.9 Å². The monoisotopic (exact) mass is 349 g/mol. The molecule has 6 nitrogen and oxygen atoms in total. The topological polar surface area (TPSA) is 88.8 Å². The van der Waals surface area contributed by atoms with E-state index in [0.717, 1.165) is 30.2 Å². The minimum atomic E-state index is -0.803. The highest BCUT2D eigenvalue weighted by atomic mass is 32.2. The van der Waals surface area contributed by atoms with E-state index in [9.17, 15) is 18.4 Å². The zero-order valence-electron chi connectivity index (χ0n) is 12.0. The molecular formula is C15H9F2N3O3S. The summed E-state index contributed by atoms with van der Waals surface area (Å²) in [5.74, 6) is -2.80. The van der Waals surface area contributed by atoms with Crippen molar-refractivity contribution < 1.29 is 22.8 Å². The average molecular weight is 349 g/mol. The number of nitrogens with zero attached hydrogens (tertiary/aromatic N) is 2. The van der Waals surface area contributed by atoms with Crippen LogP contribution in [0.5, 0.6) is 0 Å². The van der Waals surface area contributed by atoms with Crippen LogP contribution in [0.1, 0.15) is 16.4 Å². The zero-order chi connectivity index (χ0) is 17.1. The Morgan fingerprint density at radius 2 is 2.04 bits per heavy atom. The number of rotatable bonds is 6. The van der Waals surface area contributed by atoms with Crippen LogP contribution in [0, 0.1) is 11.6 Å². The van der Waals surface area contributed by atoms with Crippen LogP contribution in [0.2, 0.25) is 0 Å².